The summed E-state index contributed by atoms with van der Waals surface area (Å²) in [7, 11) is 0. The molecule has 3 aliphatic heterocycles. The highest BCUT2D eigenvalue weighted by Crippen LogP contribution is 2.34. The smallest absolute Gasteiger partial charge is 0.325 e. The number of carbonyl (C=O) groups is 3. The van der Waals surface area contributed by atoms with E-state index in [4.69, 9.17) is 9.47 Å². The quantitative estimate of drug-likeness (QED) is 0.792. The molecule has 8 heteroatoms. The normalized spacial score (nSPS) is 24.6. The highest BCUT2D eigenvalue weighted by Gasteiger charge is 2.48. The van der Waals surface area contributed by atoms with Crippen molar-refractivity contribution in [2.45, 2.75) is 38.6 Å². The molecular formula is C20H25N3O5. The first kappa shape index (κ1) is 18.6. The predicted octanol–water partition coefficient (Wildman–Crippen LogP) is 1.53. The van der Waals surface area contributed by atoms with Crippen molar-refractivity contribution in [3.8, 4) is 11.5 Å². The molecule has 8 nitrogen and oxygen atoms in total. The molecule has 3 heterocycles. The number of nitrogens with zero attached hydrogens (tertiary/aromatic N) is 2. The minimum atomic E-state index is -1.10. The van der Waals surface area contributed by atoms with Crippen molar-refractivity contribution in [3.05, 3.63) is 23.8 Å². The molecule has 2 saturated heterocycles. The largest absolute Gasteiger partial charge is 0.454 e. The number of hydrogen-bond acceptors (Lipinski definition) is 5. The van der Waals surface area contributed by atoms with Crippen molar-refractivity contribution < 1.29 is 23.9 Å². The summed E-state index contributed by atoms with van der Waals surface area (Å²) >= 11 is 0. The van der Waals surface area contributed by atoms with Crippen LogP contribution in [0.2, 0.25) is 0 Å². The average molecular weight is 387 g/mol. The van der Waals surface area contributed by atoms with Crippen LogP contribution in [-0.4, -0.2) is 59.6 Å². The van der Waals surface area contributed by atoms with Crippen molar-refractivity contribution in [1.29, 1.82) is 0 Å². The lowest BCUT2D eigenvalue weighted by molar-refractivity contribution is -0.139. The fraction of sp³-hybridized carbons (Fsp3) is 0.550. The molecule has 0 saturated carbocycles. The van der Waals surface area contributed by atoms with Gasteiger partial charge in [0.25, 0.3) is 5.91 Å². The zero-order valence-electron chi connectivity index (χ0n) is 16.2. The van der Waals surface area contributed by atoms with Gasteiger partial charge in [0.1, 0.15) is 12.1 Å². The summed E-state index contributed by atoms with van der Waals surface area (Å²) in [4.78, 5) is 40.7. The molecule has 28 heavy (non-hydrogen) atoms. The first-order chi connectivity index (χ1) is 13.4. The number of rotatable bonds is 4. The second-order valence-corrected chi connectivity index (χ2v) is 8.08. The Morgan fingerprint density at radius 1 is 1.21 bits per heavy atom. The lowest BCUT2D eigenvalue weighted by Crippen LogP contribution is -2.48. The van der Waals surface area contributed by atoms with Gasteiger partial charge in [0.15, 0.2) is 11.5 Å². The third-order valence-electron chi connectivity index (χ3n) is 5.77. The van der Waals surface area contributed by atoms with E-state index in [0.717, 1.165) is 23.3 Å². The molecule has 1 aromatic rings. The molecule has 0 unspecified atom stereocenters. The Labute approximate surface area is 163 Å². The molecule has 0 aromatic heterocycles. The molecule has 1 N–H and O–H groups in total. The van der Waals surface area contributed by atoms with E-state index in [2.05, 4.69) is 12.2 Å². The minimum absolute atomic E-state index is 0.177. The number of hydrogen-bond donors (Lipinski definition) is 1. The molecule has 2 fully saturated rings. The number of piperidine rings is 1. The van der Waals surface area contributed by atoms with Crippen LogP contribution in [-0.2, 0) is 16.0 Å². The molecule has 1 aromatic carbocycles. The van der Waals surface area contributed by atoms with Crippen LogP contribution >= 0.6 is 0 Å². The summed E-state index contributed by atoms with van der Waals surface area (Å²) in [6.45, 7) is 5.18. The van der Waals surface area contributed by atoms with Gasteiger partial charge in [-0.05, 0) is 43.4 Å². The summed E-state index contributed by atoms with van der Waals surface area (Å²) in [5.41, 5.74) is -0.250. The van der Waals surface area contributed by atoms with E-state index in [-0.39, 0.29) is 25.2 Å². The lowest BCUT2D eigenvalue weighted by Gasteiger charge is -2.31. The second kappa shape index (κ2) is 7.00. The zero-order valence-corrected chi connectivity index (χ0v) is 16.2. The molecular weight excluding hydrogens is 362 g/mol. The number of imide groups is 1. The van der Waals surface area contributed by atoms with E-state index in [1.54, 1.807) is 17.9 Å². The molecule has 0 radical (unpaired) electrons. The van der Waals surface area contributed by atoms with Crippen LogP contribution in [0.25, 0.3) is 0 Å². The maximum atomic E-state index is 13.0. The van der Waals surface area contributed by atoms with Gasteiger partial charge in [-0.2, -0.15) is 0 Å². The summed E-state index contributed by atoms with van der Waals surface area (Å²) in [5, 5.41) is 2.76. The van der Waals surface area contributed by atoms with Crippen molar-refractivity contribution in [1.82, 2.24) is 15.1 Å². The molecule has 0 bridgehead atoms. The first-order valence-electron chi connectivity index (χ1n) is 9.66. The van der Waals surface area contributed by atoms with E-state index in [1.807, 2.05) is 12.1 Å². The third kappa shape index (κ3) is 3.39. The fourth-order valence-corrected chi connectivity index (χ4v) is 3.96. The number of amides is 4. The third-order valence-corrected chi connectivity index (χ3v) is 5.77. The Morgan fingerprint density at radius 2 is 1.93 bits per heavy atom. The first-order valence-corrected chi connectivity index (χ1v) is 9.66. The second-order valence-electron chi connectivity index (χ2n) is 8.08. The van der Waals surface area contributed by atoms with Crippen LogP contribution in [0.5, 0.6) is 11.5 Å². The Hall–Kier alpha value is -2.77. The van der Waals surface area contributed by atoms with Crippen molar-refractivity contribution >= 4 is 17.8 Å². The van der Waals surface area contributed by atoms with Gasteiger partial charge in [0, 0.05) is 19.5 Å². The molecule has 150 valence electrons. The van der Waals surface area contributed by atoms with Gasteiger partial charge in [-0.1, -0.05) is 13.0 Å². The molecule has 4 amide bonds. The van der Waals surface area contributed by atoms with Crippen LogP contribution in [0.3, 0.4) is 0 Å². The fourth-order valence-electron chi connectivity index (χ4n) is 3.96. The van der Waals surface area contributed by atoms with Crippen LogP contribution in [0.1, 0.15) is 32.3 Å². The average Bonchev–Trinajstić information content (AvgIpc) is 3.20. The maximum Gasteiger partial charge on any atom is 0.325 e. The minimum Gasteiger partial charge on any atom is -0.454 e. The molecule has 0 spiro atoms. The topological polar surface area (TPSA) is 88.2 Å². The van der Waals surface area contributed by atoms with Gasteiger partial charge in [0.05, 0.1) is 0 Å². The van der Waals surface area contributed by atoms with Gasteiger partial charge in [-0.25, -0.2) is 4.79 Å². The Morgan fingerprint density at radius 3 is 2.68 bits per heavy atom. The SMILES string of the molecule is CC1CCN(C(=O)CN2C(=O)N[C@](C)(Cc3ccc4c(c3)OCO4)C2=O)CC1. The van der Waals surface area contributed by atoms with E-state index in [1.165, 1.54) is 0 Å². The highest BCUT2D eigenvalue weighted by molar-refractivity contribution is 6.08. The number of urea groups is 1. The summed E-state index contributed by atoms with van der Waals surface area (Å²) < 4.78 is 10.7. The molecule has 3 aliphatic rings. The van der Waals surface area contributed by atoms with E-state index in [0.29, 0.717) is 36.9 Å². The van der Waals surface area contributed by atoms with Crippen LogP contribution < -0.4 is 14.8 Å². The Balaban J connectivity index is 1.43. The van der Waals surface area contributed by atoms with Gasteiger partial charge >= 0.3 is 6.03 Å². The summed E-state index contributed by atoms with van der Waals surface area (Å²) in [6.07, 6.45) is 2.21. The van der Waals surface area contributed by atoms with Gasteiger partial charge in [-0.15, -0.1) is 0 Å². The van der Waals surface area contributed by atoms with Crippen LogP contribution in [0.4, 0.5) is 4.79 Å². The number of benzene rings is 1. The van der Waals surface area contributed by atoms with E-state index < -0.39 is 11.6 Å². The number of nitrogens with one attached hydrogen (secondary N) is 1. The van der Waals surface area contributed by atoms with Crippen LogP contribution in [0.15, 0.2) is 18.2 Å². The standard InChI is InChI=1S/C20H25N3O5/c1-13-5-7-22(8-6-13)17(24)11-23-18(25)20(2,21-19(23)26)10-14-3-4-15-16(9-14)28-12-27-15/h3-4,9,13H,5-8,10-12H2,1-2H3,(H,21,26)/t20-/m1/s1. The number of carbonyl (C=O) groups excluding carboxylic acids is 3. The number of likely N-dealkylation sites (tertiary alicyclic amines) is 1. The predicted molar refractivity (Wildman–Crippen MR) is 99.9 cm³/mol. The lowest BCUT2D eigenvalue weighted by atomic mass is 9.92. The number of ether oxygens (including phenoxy) is 2. The molecule has 4 rings (SSSR count). The van der Waals surface area contributed by atoms with Crippen molar-refractivity contribution in [2.24, 2.45) is 5.92 Å². The van der Waals surface area contributed by atoms with Crippen molar-refractivity contribution in [3.63, 3.8) is 0 Å². The maximum absolute atomic E-state index is 13.0. The zero-order chi connectivity index (χ0) is 19.9. The van der Waals surface area contributed by atoms with Gasteiger partial charge < -0.3 is 19.7 Å². The van der Waals surface area contributed by atoms with Crippen molar-refractivity contribution in [2.75, 3.05) is 26.4 Å². The van der Waals surface area contributed by atoms with E-state index in [9.17, 15) is 14.4 Å². The monoisotopic (exact) mass is 387 g/mol. The van der Waals surface area contributed by atoms with E-state index >= 15 is 0 Å². The summed E-state index contributed by atoms with van der Waals surface area (Å²) in [6, 6.07) is 4.93. The molecule has 0 aliphatic carbocycles. The summed E-state index contributed by atoms with van der Waals surface area (Å²) in [5.74, 6) is 1.34. The highest BCUT2D eigenvalue weighted by atomic mass is 16.7. The number of fused-ring (bicyclic) bond motifs is 1. The Bertz CT molecular complexity index is 818. The van der Waals surface area contributed by atoms with Gasteiger partial charge in [-0.3, -0.25) is 14.5 Å². The van der Waals surface area contributed by atoms with Gasteiger partial charge in [0.2, 0.25) is 12.7 Å². The van der Waals surface area contributed by atoms with Crippen LogP contribution in [0, 0.1) is 5.92 Å². The Kier molecular flexibility index (Phi) is 4.64. The molecule has 1 atom stereocenters.